The van der Waals surface area contributed by atoms with Crippen LogP contribution >= 0.6 is 22.9 Å². The van der Waals surface area contributed by atoms with Gasteiger partial charge in [-0.1, -0.05) is 60.1 Å². The van der Waals surface area contributed by atoms with Crippen LogP contribution in [0, 0.1) is 0 Å². The van der Waals surface area contributed by atoms with Gasteiger partial charge in [0.15, 0.2) is 17.6 Å². The number of hydrogen-bond donors (Lipinski definition) is 1. The molecule has 0 aliphatic heterocycles. The fraction of sp³-hybridized carbons (Fsp3) is 0.115. The maximum absolute atomic E-state index is 12.8. The Balaban J connectivity index is 1.45. The van der Waals surface area contributed by atoms with Crippen LogP contribution in [0.3, 0.4) is 0 Å². The van der Waals surface area contributed by atoms with E-state index >= 15 is 0 Å². The first kappa shape index (κ1) is 24.4. The highest BCUT2D eigenvalue weighted by molar-refractivity contribution is 7.21. The molecule has 1 amide bonds. The Labute approximate surface area is 210 Å². The lowest BCUT2D eigenvalue weighted by Crippen LogP contribution is -2.26. The topological polar surface area (TPSA) is 86.2 Å². The van der Waals surface area contributed by atoms with Crippen molar-refractivity contribution in [3.8, 4) is 11.5 Å². The Kier molecular flexibility index (Phi) is 7.77. The van der Waals surface area contributed by atoms with E-state index in [1.54, 1.807) is 30.3 Å². The van der Waals surface area contributed by atoms with Crippen molar-refractivity contribution in [3.05, 3.63) is 93.8 Å². The Morgan fingerprint density at radius 3 is 2.46 bits per heavy atom. The van der Waals surface area contributed by atoms with Crippen LogP contribution in [0.5, 0.6) is 11.5 Å². The van der Waals surface area contributed by atoms with Gasteiger partial charge in [-0.3, -0.25) is 4.79 Å². The molecule has 0 saturated heterocycles. The van der Waals surface area contributed by atoms with Crippen molar-refractivity contribution in [1.82, 2.24) is 5.43 Å². The Morgan fingerprint density at radius 2 is 1.74 bits per heavy atom. The second kappa shape index (κ2) is 11.1. The third-order valence-electron chi connectivity index (χ3n) is 5.08. The third-order valence-corrected chi connectivity index (χ3v) is 6.73. The minimum atomic E-state index is -0.787. The van der Waals surface area contributed by atoms with Crippen molar-refractivity contribution in [2.75, 3.05) is 14.2 Å². The predicted octanol–water partition coefficient (Wildman–Crippen LogP) is 5.62. The summed E-state index contributed by atoms with van der Waals surface area (Å²) < 4.78 is 17.1. The molecule has 0 unspecified atom stereocenters. The number of thiophene rings is 1. The lowest BCUT2D eigenvalue weighted by Gasteiger charge is -2.13. The summed E-state index contributed by atoms with van der Waals surface area (Å²) in [6, 6.07) is 21.5. The first-order valence-corrected chi connectivity index (χ1v) is 11.7. The van der Waals surface area contributed by atoms with E-state index < -0.39 is 18.0 Å². The summed E-state index contributed by atoms with van der Waals surface area (Å²) in [5.41, 5.74) is 3.81. The number of nitrogens with zero attached hydrogens (tertiary/aromatic N) is 1. The van der Waals surface area contributed by atoms with Gasteiger partial charge in [-0.15, -0.1) is 11.3 Å². The average molecular weight is 509 g/mol. The van der Waals surface area contributed by atoms with Crippen LogP contribution in [0.25, 0.3) is 10.1 Å². The molecule has 4 aromatic rings. The Bertz CT molecular complexity index is 1390. The molecule has 1 aromatic heterocycles. The Hall–Kier alpha value is -3.72. The number of amides is 1. The van der Waals surface area contributed by atoms with Crippen LogP contribution in [-0.4, -0.2) is 32.3 Å². The van der Waals surface area contributed by atoms with E-state index in [0.29, 0.717) is 26.8 Å². The molecule has 1 atom stereocenters. The number of carbonyl (C=O) groups excluding carboxylic acids is 2. The summed E-state index contributed by atoms with van der Waals surface area (Å²) in [6.45, 7) is 0. The lowest BCUT2D eigenvalue weighted by molar-refractivity contribution is -0.131. The third kappa shape index (κ3) is 5.51. The summed E-state index contributed by atoms with van der Waals surface area (Å²) >= 11 is 7.65. The van der Waals surface area contributed by atoms with Crippen molar-refractivity contribution in [2.24, 2.45) is 5.10 Å². The molecule has 0 fully saturated rings. The molecular formula is C26H21ClN2O5S. The number of rotatable bonds is 8. The molecule has 1 heterocycles. The van der Waals surface area contributed by atoms with Gasteiger partial charge in [0, 0.05) is 17.2 Å². The molecule has 0 saturated carbocycles. The zero-order valence-electron chi connectivity index (χ0n) is 18.9. The molecule has 9 heteroatoms. The number of hydrazone groups is 1. The highest BCUT2D eigenvalue weighted by atomic mass is 35.5. The summed E-state index contributed by atoms with van der Waals surface area (Å²) in [4.78, 5) is 25.5. The van der Waals surface area contributed by atoms with Crippen molar-refractivity contribution in [3.63, 3.8) is 0 Å². The van der Waals surface area contributed by atoms with Crippen LogP contribution in [0.4, 0.5) is 0 Å². The highest BCUT2D eigenvalue weighted by Gasteiger charge is 2.21. The van der Waals surface area contributed by atoms with E-state index in [9.17, 15) is 9.59 Å². The van der Waals surface area contributed by atoms with Crippen molar-refractivity contribution < 1.29 is 23.8 Å². The molecule has 0 aliphatic carbocycles. The number of benzene rings is 3. The smallest absolute Gasteiger partial charge is 0.355 e. The molecular weight excluding hydrogens is 488 g/mol. The molecule has 1 N–H and O–H groups in total. The first-order chi connectivity index (χ1) is 17.0. The summed E-state index contributed by atoms with van der Waals surface area (Å²) in [7, 11) is 2.92. The number of hydrogen-bond acceptors (Lipinski definition) is 7. The SMILES string of the molecule is COc1cc(/C=N\NC(=O)[C@@H](OC)c2ccccc2)ccc1OC(=O)c1sc2ccccc2c1Cl. The molecule has 0 bridgehead atoms. The van der Waals surface area contributed by atoms with Gasteiger partial charge in [0.2, 0.25) is 0 Å². The van der Waals surface area contributed by atoms with E-state index in [4.69, 9.17) is 25.8 Å². The number of ether oxygens (including phenoxy) is 3. The molecule has 178 valence electrons. The minimum absolute atomic E-state index is 0.232. The van der Waals surface area contributed by atoms with Crippen LogP contribution in [0.15, 0.2) is 77.9 Å². The fourth-order valence-electron chi connectivity index (χ4n) is 3.39. The molecule has 7 nitrogen and oxygen atoms in total. The zero-order valence-corrected chi connectivity index (χ0v) is 20.4. The fourth-order valence-corrected chi connectivity index (χ4v) is 4.78. The summed E-state index contributed by atoms with van der Waals surface area (Å²) in [5, 5.41) is 5.16. The number of fused-ring (bicyclic) bond motifs is 1. The molecule has 35 heavy (non-hydrogen) atoms. The zero-order chi connectivity index (χ0) is 24.8. The number of halogens is 1. The maximum atomic E-state index is 12.8. The maximum Gasteiger partial charge on any atom is 0.355 e. The number of carbonyl (C=O) groups is 2. The van der Waals surface area contributed by atoms with Crippen LogP contribution in [-0.2, 0) is 9.53 Å². The van der Waals surface area contributed by atoms with Crippen LogP contribution < -0.4 is 14.9 Å². The van der Waals surface area contributed by atoms with Crippen molar-refractivity contribution in [2.45, 2.75) is 6.10 Å². The number of methoxy groups -OCH3 is 2. The summed E-state index contributed by atoms with van der Waals surface area (Å²) in [6.07, 6.45) is 0.664. The Morgan fingerprint density at radius 1 is 1.00 bits per heavy atom. The van der Waals surface area contributed by atoms with Crippen molar-refractivity contribution >= 4 is 51.1 Å². The largest absolute Gasteiger partial charge is 0.493 e. The van der Waals surface area contributed by atoms with E-state index in [-0.39, 0.29) is 5.75 Å². The van der Waals surface area contributed by atoms with E-state index in [1.165, 1.54) is 31.8 Å². The normalized spacial score (nSPS) is 12.0. The van der Waals surface area contributed by atoms with Crippen molar-refractivity contribution in [1.29, 1.82) is 0 Å². The van der Waals surface area contributed by atoms with E-state index in [0.717, 1.165) is 10.1 Å². The van der Waals surface area contributed by atoms with E-state index in [2.05, 4.69) is 10.5 Å². The summed E-state index contributed by atoms with van der Waals surface area (Å²) in [5.74, 6) is -0.428. The molecule has 0 spiro atoms. The standard InChI is InChI=1S/C26H21ClN2O5S/c1-32-20-14-16(15-28-29-25(30)23(33-2)17-8-4-3-5-9-17)12-13-19(20)34-26(31)24-22(27)18-10-6-7-11-21(18)35-24/h3-15,23H,1-2H3,(H,29,30)/b28-15-/t23-/m0/s1. The average Bonchev–Trinajstić information content (AvgIpc) is 3.22. The molecule has 0 aliphatic rings. The van der Waals surface area contributed by atoms with Gasteiger partial charge in [0.1, 0.15) is 4.88 Å². The van der Waals surface area contributed by atoms with Gasteiger partial charge in [-0.05, 0) is 35.4 Å². The second-order valence-electron chi connectivity index (χ2n) is 7.30. The predicted molar refractivity (Wildman–Crippen MR) is 137 cm³/mol. The van der Waals surface area contributed by atoms with Gasteiger partial charge < -0.3 is 14.2 Å². The van der Waals surface area contributed by atoms with Crippen LogP contribution in [0.2, 0.25) is 5.02 Å². The lowest BCUT2D eigenvalue weighted by atomic mass is 10.1. The van der Waals surface area contributed by atoms with Crippen LogP contribution in [0.1, 0.15) is 26.9 Å². The van der Waals surface area contributed by atoms with Gasteiger partial charge in [0.25, 0.3) is 5.91 Å². The van der Waals surface area contributed by atoms with Gasteiger partial charge in [-0.2, -0.15) is 5.10 Å². The monoisotopic (exact) mass is 508 g/mol. The van der Waals surface area contributed by atoms with Gasteiger partial charge >= 0.3 is 5.97 Å². The number of nitrogens with one attached hydrogen (secondary N) is 1. The van der Waals surface area contributed by atoms with Gasteiger partial charge in [-0.25, -0.2) is 10.2 Å². The minimum Gasteiger partial charge on any atom is -0.493 e. The quantitative estimate of drug-likeness (QED) is 0.144. The highest BCUT2D eigenvalue weighted by Crippen LogP contribution is 2.37. The first-order valence-electron chi connectivity index (χ1n) is 10.5. The van der Waals surface area contributed by atoms with E-state index in [1.807, 2.05) is 42.5 Å². The number of esters is 1. The molecule has 4 rings (SSSR count). The molecule has 3 aromatic carbocycles. The second-order valence-corrected chi connectivity index (χ2v) is 8.73. The molecule has 0 radical (unpaired) electrons. The van der Waals surface area contributed by atoms with Gasteiger partial charge in [0.05, 0.1) is 18.3 Å².